The highest BCUT2D eigenvalue weighted by molar-refractivity contribution is 7.12. The summed E-state index contributed by atoms with van der Waals surface area (Å²) in [7, 11) is 0. The summed E-state index contributed by atoms with van der Waals surface area (Å²) in [5.41, 5.74) is 3.17. The number of hydrogen-bond acceptors (Lipinski definition) is 4. The minimum absolute atomic E-state index is 0.390. The van der Waals surface area contributed by atoms with Crippen LogP contribution in [-0.4, -0.2) is 23.7 Å². The average Bonchev–Trinajstić information content (AvgIpc) is 2.55. The maximum Gasteiger partial charge on any atom is 0.339 e. The van der Waals surface area contributed by atoms with Gasteiger partial charge < -0.3 is 10.4 Å². The molecule has 1 heterocycles. The van der Waals surface area contributed by atoms with Gasteiger partial charge in [-0.05, 0) is 25.5 Å². The van der Waals surface area contributed by atoms with Gasteiger partial charge in [0.1, 0.15) is 0 Å². The molecule has 94 valence electrons. The third-order valence-electron chi connectivity index (χ3n) is 2.00. The van der Waals surface area contributed by atoms with Gasteiger partial charge in [0.2, 0.25) is 0 Å². The Balaban J connectivity index is 2.26. The maximum absolute atomic E-state index is 11.2. The zero-order chi connectivity index (χ0) is 12.8. The summed E-state index contributed by atoms with van der Waals surface area (Å²) in [6, 6.07) is 1.44. The van der Waals surface area contributed by atoms with Crippen LogP contribution in [0.4, 0.5) is 4.79 Å². The molecule has 0 saturated heterocycles. The predicted octanol–water partition coefficient (Wildman–Crippen LogP) is 1.18. The molecule has 1 rings (SSSR count). The fourth-order valence-corrected chi connectivity index (χ4v) is 2.10. The lowest BCUT2D eigenvalue weighted by Crippen LogP contribution is -2.36. The van der Waals surface area contributed by atoms with E-state index in [-0.39, 0.29) is 0 Å². The molecule has 17 heavy (non-hydrogen) atoms. The van der Waals surface area contributed by atoms with E-state index in [9.17, 15) is 9.59 Å². The minimum atomic E-state index is -1.14. The van der Waals surface area contributed by atoms with Crippen LogP contribution < -0.4 is 10.8 Å². The molecule has 0 aliphatic rings. The van der Waals surface area contributed by atoms with E-state index < -0.39 is 18.6 Å². The number of rotatable bonds is 5. The van der Waals surface area contributed by atoms with E-state index in [1.807, 2.05) is 25.4 Å². The summed E-state index contributed by atoms with van der Waals surface area (Å²) in [5.74, 6) is -1.14. The van der Waals surface area contributed by atoms with Gasteiger partial charge in [-0.1, -0.05) is 0 Å². The Morgan fingerprint density at radius 2 is 2.18 bits per heavy atom. The number of carboxylic acids is 1. The van der Waals surface area contributed by atoms with Crippen LogP contribution in [0.15, 0.2) is 6.07 Å². The van der Waals surface area contributed by atoms with Crippen molar-refractivity contribution in [3.8, 4) is 0 Å². The summed E-state index contributed by atoms with van der Waals surface area (Å²) in [4.78, 5) is 27.9. The third kappa shape index (κ3) is 4.83. The predicted molar refractivity (Wildman–Crippen MR) is 62.8 cm³/mol. The Kier molecular flexibility index (Phi) is 4.92. The van der Waals surface area contributed by atoms with E-state index in [2.05, 4.69) is 10.2 Å². The quantitative estimate of drug-likeness (QED) is 0.692. The van der Waals surface area contributed by atoms with Gasteiger partial charge >= 0.3 is 12.0 Å². The SMILES string of the molecule is Cc1cc(CNC(=O)NOCC(=O)O)sc1C. The highest BCUT2D eigenvalue weighted by atomic mass is 32.1. The van der Waals surface area contributed by atoms with Crippen LogP contribution in [0.2, 0.25) is 0 Å². The van der Waals surface area contributed by atoms with Crippen LogP contribution >= 0.6 is 11.3 Å². The number of carboxylic acid groups (broad SMARTS) is 1. The number of thiophene rings is 1. The number of nitrogens with one attached hydrogen (secondary N) is 2. The highest BCUT2D eigenvalue weighted by Gasteiger charge is 2.05. The fourth-order valence-electron chi connectivity index (χ4n) is 1.10. The second-order valence-electron chi connectivity index (χ2n) is 3.42. The van der Waals surface area contributed by atoms with Gasteiger partial charge in [0.25, 0.3) is 0 Å². The molecule has 1 aromatic rings. The van der Waals surface area contributed by atoms with Crippen LogP contribution in [0, 0.1) is 13.8 Å². The molecule has 0 radical (unpaired) electrons. The summed E-state index contributed by atoms with van der Waals surface area (Å²) >= 11 is 1.61. The number of aryl methyl sites for hydroxylation is 2. The molecular formula is C10H14N2O4S. The number of hydrogen-bond donors (Lipinski definition) is 3. The number of urea groups is 1. The number of carbonyl (C=O) groups is 2. The van der Waals surface area contributed by atoms with Crippen molar-refractivity contribution < 1.29 is 19.5 Å². The van der Waals surface area contributed by atoms with Crippen molar-refractivity contribution in [2.75, 3.05) is 6.61 Å². The summed E-state index contributed by atoms with van der Waals surface area (Å²) in [6.07, 6.45) is 0. The van der Waals surface area contributed by atoms with Gasteiger partial charge in [0.05, 0.1) is 6.54 Å². The van der Waals surface area contributed by atoms with Gasteiger partial charge in [-0.3, -0.25) is 4.84 Å². The van der Waals surface area contributed by atoms with Crippen LogP contribution in [0.1, 0.15) is 15.3 Å². The van der Waals surface area contributed by atoms with E-state index in [0.29, 0.717) is 6.54 Å². The van der Waals surface area contributed by atoms with Gasteiger partial charge in [-0.2, -0.15) is 0 Å². The van der Waals surface area contributed by atoms with Gasteiger partial charge in [-0.15, -0.1) is 11.3 Å². The average molecular weight is 258 g/mol. The van der Waals surface area contributed by atoms with Crippen LogP contribution in [0.3, 0.4) is 0 Å². The second kappa shape index (κ2) is 6.21. The van der Waals surface area contributed by atoms with Crippen molar-refractivity contribution in [1.82, 2.24) is 10.8 Å². The Labute approximate surface area is 103 Å². The molecule has 0 saturated carbocycles. The Morgan fingerprint density at radius 3 is 2.71 bits per heavy atom. The molecule has 0 atom stereocenters. The van der Waals surface area contributed by atoms with E-state index in [0.717, 1.165) is 4.88 Å². The first-order chi connectivity index (χ1) is 7.99. The van der Waals surface area contributed by atoms with E-state index >= 15 is 0 Å². The normalized spacial score (nSPS) is 10.0. The van der Waals surface area contributed by atoms with Crippen molar-refractivity contribution in [3.05, 3.63) is 21.4 Å². The zero-order valence-electron chi connectivity index (χ0n) is 9.57. The smallest absolute Gasteiger partial charge is 0.339 e. The molecule has 0 bridgehead atoms. The highest BCUT2D eigenvalue weighted by Crippen LogP contribution is 2.19. The van der Waals surface area contributed by atoms with Crippen molar-refractivity contribution in [1.29, 1.82) is 0 Å². The van der Waals surface area contributed by atoms with Crippen molar-refractivity contribution >= 4 is 23.3 Å². The molecule has 2 amide bonds. The standard InChI is InChI=1S/C10H14N2O4S/c1-6-3-8(17-7(6)2)4-11-10(15)12-16-5-9(13)14/h3H,4-5H2,1-2H3,(H,13,14)(H2,11,12,15). The number of amides is 2. The molecule has 7 heteroatoms. The van der Waals surface area contributed by atoms with Crippen molar-refractivity contribution in [2.45, 2.75) is 20.4 Å². The van der Waals surface area contributed by atoms with Gasteiger partial charge in [-0.25, -0.2) is 15.1 Å². The Hall–Kier alpha value is -1.60. The zero-order valence-corrected chi connectivity index (χ0v) is 10.4. The molecule has 0 aliphatic carbocycles. The lowest BCUT2D eigenvalue weighted by Gasteiger charge is -2.04. The third-order valence-corrected chi connectivity index (χ3v) is 3.15. The van der Waals surface area contributed by atoms with Crippen molar-refractivity contribution in [3.63, 3.8) is 0 Å². The van der Waals surface area contributed by atoms with E-state index in [4.69, 9.17) is 5.11 Å². The second-order valence-corrected chi connectivity index (χ2v) is 4.76. The van der Waals surface area contributed by atoms with Gasteiger partial charge in [0.15, 0.2) is 6.61 Å². The largest absolute Gasteiger partial charge is 0.479 e. The molecule has 0 aromatic carbocycles. The molecule has 3 N–H and O–H groups in total. The Morgan fingerprint density at radius 1 is 1.47 bits per heavy atom. The molecule has 0 fully saturated rings. The molecule has 0 aliphatic heterocycles. The first-order valence-corrected chi connectivity index (χ1v) is 5.74. The minimum Gasteiger partial charge on any atom is -0.479 e. The number of aliphatic carboxylic acids is 1. The lowest BCUT2D eigenvalue weighted by atomic mass is 10.3. The molecule has 1 aromatic heterocycles. The summed E-state index contributed by atoms with van der Waals surface area (Å²) in [5, 5.41) is 10.8. The molecular weight excluding hydrogens is 244 g/mol. The van der Waals surface area contributed by atoms with Crippen LogP contribution in [0.5, 0.6) is 0 Å². The Bertz CT molecular complexity index is 397. The first kappa shape index (κ1) is 13.5. The van der Waals surface area contributed by atoms with E-state index in [1.54, 1.807) is 11.3 Å². The topological polar surface area (TPSA) is 87.7 Å². The first-order valence-electron chi connectivity index (χ1n) is 4.92. The molecule has 6 nitrogen and oxygen atoms in total. The summed E-state index contributed by atoms with van der Waals surface area (Å²) < 4.78 is 0. The summed E-state index contributed by atoms with van der Waals surface area (Å²) in [6.45, 7) is 3.84. The molecule has 0 unspecified atom stereocenters. The van der Waals surface area contributed by atoms with Crippen LogP contribution in [-0.2, 0) is 16.2 Å². The van der Waals surface area contributed by atoms with Gasteiger partial charge in [0, 0.05) is 9.75 Å². The van der Waals surface area contributed by atoms with E-state index in [1.165, 1.54) is 10.4 Å². The number of hydroxylamine groups is 1. The number of carbonyl (C=O) groups excluding carboxylic acids is 1. The maximum atomic E-state index is 11.2. The fraction of sp³-hybridized carbons (Fsp3) is 0.400. The molecule has 0 spiro atoms. The van der Waals surface area contributed by atoms with Crippen LogP contribution in [0.25, 0.3) is 0 Å². The van der Waals surface area contributed by atoms with Crippen molar-refractivity contribution in [2.24, 2.45) is 0 Å². The lowest BCUT2D eigenvalue weighted by molar-refractivity contribution is -0.144. The monoisotopic (exact) mass is 258 g/mol.